The molecule has 0 aliphatic carbocycles. The molecule has 10 aromatic carbocycles. The van der Waals surface area contributed by atoms with Gasteiger partial charge in [0, 0.05) is 27.1 Å². The summed E-state index contributed by atoms with van der Waals surface area (Å²) in [5.41, 5.74) is -28.9. The van der Waals surface area contributed by atoms with Gasteiger partial charge in [-0.3, -0.25) is 0 Å². The van der Waals surface area contributed by atoms with Crippen molar-refractivity contribution >= 4 is 43.6 Å². The molecule has 0 bridgehead atoms. The summed E-state index contributed by atoms with van der Waals surface area (Å²) in [5, 5.41) is 21.4. The monoisotopic (exact) mass is 1450 g/mol. The van der Waals surface area contributed by atoms with Gasteiger partial charge in [0.1, 0.15) is 11.6 Å². The summed E-state index contributed by atoms with van der Waals surface area (Å²) >= 11 is 0. The first-order valence-corrected chi connectivity index (χ1v) is 28.7. The number of nitrogens with zero attached hydrogens (tertiary/aromatic N) is 4. The van der Waals surface area contributed by atoms with Gasteiger partial charge in [-0.1, -0.05) is 54.6 Å². The molecule has 31 heteroatoms. The van der Waals surface area contributed by atoms with E-state index in [4.69, 9.17) is 0 Å². The van der Waals surface area contributed by atoms with E-state index >= 15 is 13.2 Å². The lowest BCUT2D eigenvalue weighted by Crippen LogP contribution is -2.11. The van der Waals surface area contributed by atoms with E-state index in [1.807, 2.05) is 6.07 Å². The molecule has 0 amide bonds. The maximum atomic E-state index is 15.1. The predicted molar refractivity (Wildman–Crippen MR) is 317 cm³/mol. The van der Waals surface area contributed by atoms with Gasteiger partial charge in [0.2, 0.25) is 0 Å². The number of aromatic nitrogens is 2. The fourth-order valence-electron chi connectivity index (χ4n) is 12.1. The molecule has 4 nitrogen and oxygen atoms in total. The molecule has 0 radical (unpaired) electrons. The maximum absolute atomic E-state index is 15.1. The SMILES string of the molecule is N#Cc1cc(-c2ccc(-n3c4cc(-c5cc(C(F)(F)F)cc(C(F)(F)F)c5)ccc4c4ccc(-c5cc(C(F)(F)F)cc(C(F)(F)F)c5)cc43)c(C#N)c2-n2c3cc(-c4cc(C(F)(F)F)cc(C(F)(F)F)c4)ccc3c3ccc(-c4cc(C(F)(F)F)cc(C(F)(F)F)c4)cc32)cc(C(F)(F)F)c1. The number of halogens is 27. The second-order valence-electron chi connectivity index (χ2n) is 23.2. The van der Waals surface area contributed by atoms with Crippen LogP contribution in [0.2, 0.25) is 0 Å². The van der Waals surface area contributed by atoms with E-state index in [0.29, 0.717) is 12.1 Å². The van der Waals surface area contributed by atoms with E-state index in [2.05, 4.69) is 0 Å². The van der Waals surface area contributed by atoms with Crippen LogP contribution in [0.1, 0.15) is 61.2 Å². The molecule has 0 aliphatic heterocycles. The zero-order valence-corrected chi connectivity index (χ0v) is 49.7. The van der Waals surface area contributed by atoms with Crippen LogP contribution in [0.25, 0.3) is 111 Å². The van der Waals surface area contributed by atoms with Crippen LogP contribution in [0, 0.1) is 22.7 Å². The molecule has 0 fully saturated rings. The topological polar surface area (TPSA) is 57.4 Å². The summed E-state index contributed by atoms with van der Waals surface area (Å²) in [6.07, 6.45) is -49.4. The van der Waals surface area contributed by atoms with E-state index in [1.165, 1.54) is 6.07 Å². The van der Waals surface area contributed by atoms with Crippen molar-refractivity contribution in [2.75, 3.05) is 0 Å². The Kier molecular flexibility index (Phi) is 16.5. The molecule has 2 aromatic heterocycles. The first-order valence-electron chi connectivity index (χ1n) is 28.7. The normalized spacial score (nSPS) is 13.2. The van der Waals surface area contributed by atoms with Crippen LogP contribution in [-0.2, 0) is 55.6 Å². The summed E-state index contributed by atoms with van der Waals surface area (Å²) in [6, 6.07) is 19.4. The minimum Gasteiger partial charge on any atom is -0.308 e. The zero-order valence-electron chi connectivity index (χ0n) is 49.7. The Morgan fingerprint density at radius 3 is 0.716 bits per heavy atom. The Hall–Kier alpha value is -11.1. The number of benzene rings is 10. The summed E-state index contributed by atoms with van der Waals surface area (Å²) in [7, 11) is 0. The number of alkyl halides is 27. The van der Waals surface area contributed by atoms with Crippen molar-refractivity contribution in [1.29, 1.82) is 10.5 Å². The minimum absolute atomic E-state index is 0.154. The molecule has 2 heterocycles. The van der Waals surface area contributed by atoms with E-state index < -0.39 is 206 Å². The average Bonchev–Trinajstić information content (AvgIpc) is 1.54. The highest BCUT2D eigenvalue weighted by atomic mass is 19.4. The highest BCUT2D eigenvalue weighted by Crippen LogP contribution is 2.50. The maximum Gasteiger partial charge on any atom is 0.416 e. The summed E-state index contributed by atoms with van der Waals surface area (Å²) in [4.78, 5) is 0. The van der Waals surface area contributed by atoms with Gasteiger partial charge in [0.05, 0.1) is 95.1 Å². The fourth-order valence-corrected chi connectivity index (χ4v) is 12.1. The lowest BCUT2D eigenvalue weighted by molar-refractivity contribution is -0.144. The van der Waals surface area contributed by atoms with Gasteiger partial charge in [0.15, 0.2) is 0 Å². The molecule has 522 valence electrons. The molecule has 0 unspecified atom stereocenters. The number of rotatable bonds is 7. The first-order chi connectivity index (χ1) is 47.1. The van der Waals surface area contributed by atoms with Gasteiger partial charge < -0.3 is 9.13 Å². The van der Waals surface area contributed by atoms with Gasteiger partial charge in [-0.05, 0) is 171 Å². The summed E-state index contributed by atoms with van der Waals surface area (Å²) < 4.78 is 395. The predicted octanol–water partition coefficient (Wildman–Crippen LogP) is 25.1. The summed E-state index contributed by atoms with van der Waals surface area (Å²) in [5.74, 6) is 0. The molecule has 0 atom stereocenters. The minimum atomic E-state index is -5.52. The van der Waals surface area contributed by atoms with Crippen LogP contribution in [0.3, 0.4) is 0 Å². The van der Waals surface area contributed by atoms with Crippen LogP contribution in [0.5, 0.6) is 0 Å². The van der Waals surface area contributed by atoms with E-state index in [-0.39, 0.29) is 94.3 Å². The van der Waals surface area contributed by atoms with Crippen LogP contribution in [0.4, 0.5) is 119 Å². The first kappa shape index (κ1) is 70.7. The van der Waals surface area contributed by atoms with Crippen molar-refractivity contribution in [2.45, 2.75) is 55.6 Å². The Labute approximate surface area is 552 Å². The van der Waals surface area contributed by atoms with Gasteiger partial charge >= 0.3 is 55.6 Å². The number of fused-ring (bicyclic) bond motifs is 6. The third-order valence-corrected chi connectivity index (χ3v) is 16.7. The summed E-state index contributed by atoms with van der Waals surface area (Å²) in [6.45, 7) is 0. The Bertz CT molecular complexity index is 5140. The molecular formula is C71H29F27N4. The number of hydrogen-bond acceptors (Lipinski definition) is 2. The van der Waals surface area contributed by atoms with Crippen molar-refractivity contribution in [3.05, 3.63) is 237 Å². The van der Waals surface area contributed by atoms with Crippen LogP contribution < -0.4 is 0 Å². The quantitative estimate of drug-likeness (QED) is 0.149. The largest absolute Gasteiger partial charge is 0.416 e. The number of nitriles is 2. The molecule has 0 saturated carbocycles. The highest BCUT2D eigenvalue weighted by Gasteiger charge is 2.42. The highest BCUT2D eigenvalue weighted by molar-refractivity contribution is 6.14. The lowest BCUT2D eigenvalue weighted by Gasteiger charge is -2.21. The zero-order chi connectivity index (χ0) is 74.5. The number of hydrogen-bond donors (Lipinski definition) is 0. The second-order valence-corrected chi connectivity index (χ2v) is 23.2. The lowest BCUT2D eigenvalue weighted by atomic mass is 9.94. The van der Waals surface area contributed by atoms with Crippen molar-refractivity contribution in [2.24, 2.45) is 0 Å². The molecular weight excluding hydrogens is 1420 g/mol. The molecule has 12 aromatic rings. The molecule has 0 spiro atoms. The van der Waals surface area contributed by atoms with E-state index in [1.54, 1.807) is 0 Å². The average molecular weight is 1450 g/mol. The van der Waals surface area contributed by atoms with E-state index in [9.17, 15) is 116 Å². The fraction of sp³-hybridized carbons (Fsp3) is 0.127. The van der Waals surface area contributed by atoms with Crippen LogP contribution in [0.15, 0.2) is 176 Å². The third-order valence-electron chi connectivity index (χ3n) is 16.7. The van der Waals surface area contributed by atoms with Crippen molar-refractivity contribution in [1.82, 2.24) is 9.13 Å². The standard InChI is InChI=1S/C71H29F27N4/c72-63(73,74)42-12-32(30-99)11-41(21-42)51-9-10-57(101-58-22-33(37-13-43(64(75,76)77)26-44(14-37)65(78,79)80)1-5-52(58)53-6-2-34(23-59(53)101)38-15-45(66(81,82)83)27-46(16-38)67(84,85)86)56(31-100)62(51)102-60-24-35(39-17-47(68(87,88)89)28-48(18-39)69(90,91)92)3-7-54(60)55-8-4-36(25-61(55)102)40-19-49(70(93,94)95)29-50(20-40)71(96,97)98/h1-29H. The Morgan fingerprint density at radius 1 is 0.225 bits per heavy atom. The Balaban J connectivity index is 1.29. The molecule has 0 N–H and O–H groups in total. The molecule has 0 aliphatic rings. The van der Waals surface area contributed by atoms with Gasteiger partial charge in [-0.15, -0.1) is 0 Å². The molecule has 12 rings (SSSR count). The Morgan fingerprint density at radius 2 is 0.471 bits per heavy atom. The van der Waals surface area contributed by atoms with Crippen molar-refractivity contribution in [3.63, 3.8) is 0 Å². The smallest absolute Gasteiger partial charge is 0.308 e. The van der Waals surface area contributed by atoms with Crippen molar-refractivity contribution in [3.8, 4) is 79.1 Å². The second kappa shape index (κ2) is 23.8. The van der Waals surface area contributed by atoms with Crippen LogP contribution >= 0.6 is 0 Å². The molecule has 102 heavy (non-hydrogen) atoms. The van der Waals surface area contributed by atoms with Gasteiger partial charge in [0.25, 0.3) is 0 Å². The van der Waals surface area contributed by atoms with Gasteiger partial charge in [-0.2, -0.15) is 129 Å². The molecule has 0 saturated heterocycles. The van der Waals surface area contributed by atoms with E-state index in [0.717, 1.165) is 100 Å². The van der Waals surface area contributed by atoms with Gasteiger partial charge in [-0.25, -0.2) is 0 Å². The van der Waals surface area contributed by atoms with Crippen LogP contribution in [-0.4, -0.2) is 9.13 Å². The van der Waals surface area contributed by atoms with Crippen molar-refractivity contribution < 1.29 is 119 Å². The third kappa shape index (κ3) is 13.2.